The number of carbonyl (C=O) groups excluding carboxylic acids is 1. The van der Waals surface area contributed by atoms with Gasteiger partial charge >= 0.3 is 0 Å². The minimum atomic E-state index is -0.953. The van der Waals surface area contributed by atoms with Crippen LogP contribution in [0.4, 0.5) is 8.78 Å². The molecule has 0 spiro atoms. The summed E-state index contributed by atoms with van der Waals surface area (Å²) in [6, 6.07) is 4.93. The van der Waals surface area contributed by atoms with Gasteiger partial charge in [0.2, 0.25) is 5.91 Å². The summed E-state index contributed by atoms with van der Waals surface area (Å²) in [5, 5.41) is 8.72. The van der Waals surface area contributed by atoms with E-state index < -0.39 is 28.5 Å². The number of aryl methyl sites for hydroxylation is 1. The lowest BCUT2D eigenvalue weighted by Gasteiger charge is -2.22. The zero-order valence-electron chi connectivity index (χ0n) is 14.7. The zero-order valence-corrected chi connectivity index (χ0v) is 14.7. The molecule has 2 N–H and O–H groups in total. The first-order valence-electron chi connectivity index (χ1n) is 7.88. The van der Waals surface area contributed by atoms with Gasteiger partial charge in [0.25, 0.3) is 5.56 Å². The molecule has 0 radical (unpaired) electrons. The molecule has 2 rings (SSSR count). The van der Waals surface area contributed by atoms with Gasteiger partial charge in [-0.2, -0.15) is 0 Å². The number of ether oxygens (including phenoxy) is 1. The monoisotopic (exact) mass is 366 g/mol. The lowest BCUT2D eigenvalue weighted by Crippen LogP contribution is -2.36. The number of halogens is 2. The van der Waals surface area contributed by atoms with Crippen molar-refractivity contribution in [3.8, 4) is 16.9 Å². The number of aromatic nitrogens is 1. The van der Waals surface area contributed by atoms with Crippen molar-refractivity contribution in [2.75, 3.05) is 7.11 Å². The lowest BCUT2D eigenvalue weighted by molar-refractivity contribution is -0.138. The van der Waals surface area contributed by atoms with Crippen LogP contribution in [0.25, 0.3) is 11.1 Å². The van der Waals surface area contributed by atoms with Crippen LogP contribution in [0.2, 0.25) is 0 Å². The first-order chi connectivity index (χ1) is 12.2. The number of hydrogen-bond donors (Lipinski definition) is 2. The number of benzene rings is 1. The van der Waals surface area contributed by atoms with E-state index in [9.17, 15) is 18.4 Å². The van der Waals surface area contributed by atoms with Gasteiger partial charge in [0.1, 0.15) is 17.4 Å². The Kier molecular flexibility index (Phi) is 5.76. The van der Waals surface area contributed by atoms with E-state index in [1.54, 1.807) is 19.3 Å². The Bertz CT molecular complexity index is 878. The minimum absolute atomic E-state index is 0.0486. The van der Waals surface area contributed by atoms with Crippen LogP contribution in [0.3, 0.4) is 0 Å². The molecule has 6 nitrogen and oxygen atoms in total. The van der Waals surface area contributed by atoms with E-state index >= 15 is 0 Å². The number of methoxy groups -OCH3 is 1. The molecule has 1 aromatic carbocycles. The second-order valence-electron chi connectivity index (χ2n) is 6.49. The van der Waals surface area contributed by atoms with Crippen molar-refractivity contribution in [2.45, 2.75) is 26.8 Å². The van der Waals surface area contributed by atoms with Gasteiger partial charge in [0.15, 0.2) is 0 Å². The first-order valence-corrected chi connectivity index (χ1v) is 7.88. The maximum absolute atomic E-state index is 14.4. The van der Waals surface area contributed by atoms with Crippen LogP contribution in [0.15, 0.2) is 35.3 Å². The third-order valence-corrected chi connectivity index (χ3v) is 4.24. The molecule has 1 heterocycles. The summed E-state index contributed by atoms with van der Waals surface area (Å²) in [4.78, 5) is 23.8. The van der Waals surface area contributed by atoms with Crippen LogP contribution in [0, 0.1) is 17.0 Å². The zero-order chi connectivity index (χ0) is 19.5. The molecule has 0 atom stereocenters. The summed E-state index contributed by atoms with van der Waals surface area (Å²) >= 11 is 0. The smallest absolute Gasteiger partial charge is 0.251 e. The van der Waals surface area contributed by atoms with Crippen LogP contribution < -0.4 is 15.8 Å². The first kappa shape index (κ1) is 19.6. The number of pyridine rings is 1. The fourth-order valence-electron chi connectivity index (χ4n) is 2.43. The molecule has 8 heteroatoms. The SMILES string of the molecule is COc1ccc(-c2cc(=O)n(CCC(C)(C)C(=O)NO)cc2F)c(F)c1. The summed E-state index contributed by atoms with van der Waals surface area (Å²) in [6.45, 7) is 3.23. The van der Waals surface area contributed by atoms with Gasteiger partial charge in [0.05, 0.1) is 7.11 Å². The molecule has 1 amide bonds. The molecule has 1 aromatic heterocycles. The molecular weight excluding hydrogens is 346 g/mol. The standard InChI is InChI=1S/C18H20F2N2O4/c1-18(2,17(24)21-25)6-7-22-10-15(20)13(9-16(22)23)12-5-4-11(26-3)8-14(12)19/h4-5,8-10,25H,6-7H2,1-3H3,(H,21,24). The van der Waals surface area contributed by atoms with E-state index in [0.717, 1.165) is 22.9 Å². The number of carbonyl (C=O) groups is 1. The highest BCUT2D eigenvalue weighted by Crippen LogP contribution is 2.27. The number of rotatable bonds is 6. The highest BCUT2D eigenvalue weighted by molar-refractivity contribution is 5.80. The Morgan fingerprint density at radius 3 is 2.50 bits per heavy atom. The molecule has 26 heavy (non-hydrogen) atoms. The van der Waals surface area contributed by atoms with E-state index in [4.69, 9.17) is 9.94 Å². The quantitative estimate of drug-likeness (QED) is 0.609. The largest absolute Gasteiger partial charge is 0.497 e. The second-order valence-corrected chi connectivity index (χ2v) is 6.49. The lowest BCUT2D eigenvalue weighted by atomic mass is 9.88. The fourth-order valence-corrected chi connectivity index (χ4v) is 2.43. The summed E-state index contributed by atoms with van der Waals surface area (Å²) in [5.41, 5.74) is -0.125. The molecule has 0 aliphatic rings. The maximum Gasteiger partial charge on any atom is 0.251 e. The van der Waals surface area contributed by atoms with Crippen LogP contribution >= 0.6 is 0 Å². The average Bonchev–Trinajstić information content (AvgIpc) is 2.61. The average molecular weight is 366 g/mol. The van der Waals surface area contributed by atoms with Crippen LogP contribution in [0.5, 0.6) is 5.75 Å². The Hall–Kier alpha value is -2.74. The molecule has 0 aliphatic carbocycles. The third-order valence-electron chi connectivity index (χ3n) is 4.24. The molecular formula is C18H20F2N2O4. The molecule has 2 aromatic rings. The second kappa shape index (κ2) is 7.65. The highest BCUT2D eigenvalue weighted by Gasteiger charge is 2.27. The van der Waals surface area contributed by atoms with Crippen molar-refractivity contribution in [2.24, 2.45) is 5.41 Å². The van der Waals surface area contributed by atoms with Crippen LogP contribution in [-0.2, 0) is 11.3 Å². The number of nitrogens with zero attached hydrogens (tertiary/aromatic N) is 1. The van der Waals surface area contributed by atoms with Crippen molar-refractivity contribution in [3.63, 3.8) is 0 Å². The van der Waals surface area contributed by atoms with Gasteiger partial charge in [-0.15, -0.1) is 0 Å². The number of hydrogen-bond acceptors (Lipinski definition) is 4. The van der Waals surface area contributed by atoms with E-state index in [1.807, 2.05) is 0 Å². The van der Waals surface area contributed by atoms with E-state index in [0.29, 0.717) is 0 Å². The molecule has 0 saturated heterocycles. The predicted octanol–water partition coefficient (Wildman–Crippen LogP) is 2.72. The Morgan fingerprint density at radius 2 is 1.92 bits per heavy atom. The molecule has 0 bridgehead atoms. The summed E-state index contributed by atoms with van der Waals surface area (Å²) in [5.74, 6) is -1.80. The summed E-state index contributed by atoms with van der Waals surface area (Å²) in [7, 11) is 1.38. The summed E-state index contributed by atoms with van der Waals surface area (Å²) in [6.07, 6.45) is 1.17. The molecule has 0 fully saturated rings. The Labute approximate surface area is 149 Å². The van der Waals surface area contributed by atoms with Crippen molar-refractivity contribution < 1.29 is 23.5 Å². The third kappa shape index (κ3) is 4.08. The molecule has 0 saturated carbocycles. The summed E-state index contributed by atoms with van der Waals surface area (Å²) < 4.78 is 34.6. The van der Waals surface area contributed by atoms with Crippen molar-refractivity contribution >= 4 is 5.91 Å². The molecule has 0 unspecified atom stereocenters. The van der Waals surface area contributed by atoms with Crippen LogP contribution in [-0.4, -0.2) is 22.8 Å². The van der Waals surface area contributed by atoms with Gasteiger partial charge in [0, 0.05) is 41.4 Å². The van der Waals surface area contributed by atoms with Gasteiger partial charge in [-0.3, -0.25) is 14.8 Å². The topological polar surface area (TPSA) is 80.6 Å². The number of amides is 1. The van der Waals surface area contributed by atoms with Crippen molar-refractivity contribution in [1.82, 2.24) is 10.0 Å². The van der Waals surface area contributed by atoms with E-state index in [2.05, 4.69) is 0 Å². The van der Waals surface area contributed by atoms with Gasteiger partial charge in [-0.05, 0) is 18.6 Å². The van der Waals surface area contributed by atoms with Crippen molar-refractivity contribution in [1.29, 1.82) is 0 Å². The van der Waals surface area contributed by atoms with Crippen molar-refractivity contribution in [3.05, 3.63) is 52.5 Å². The number of nitrogens with one attached hydrogen (secondary N) is 1. The van der Waals surface area contributed by atoms with E-state index in [-0.39, 0.29) is 29.8 Å². The number of hydroxylamine groups is 1. The van der Waals surface area contributed by atoms with Crippen LogP contribution in [0.1, 0.15) is 20.3 Å². The Morgan fingerprint density at radius 1 is 1.23 bits per heavy atom. The minimum Gasteiger partial charge on any atom is -0.497 e. The highest BCUT2D eigenvalue weighted by atomic mass is 19.1. The van der Waals surface area contributed by atoms with Gasteiger partial charge in [-0.25, -0.2) is 14.3 Å². The molecule has 0 aliphatic heterocycles. The van der Waals surface area contributed by atoms with E-state index in [1.165, 1.54) is 19.2 Å². The maximum atomic E-state index is 14.4. The van der Waals surface area contributed by atoms with Gasteiger partial charge < -0.3 is 9.30 Å². The fraction of sp³-hybridized carbons (Fsp3) is 0.333. The predicted molar refractivity (Wildman–Crippen MR) is 90.9 cm³/mol. The van der Waals surface area contributed by atoms with Gasteiger partial charge in [-0.1, -0.05) is 13.8 Å². The normalized spacial score (nSPS) is 11.3. The Balaban J connectivity index is 2.31. The molecule has 140 valence electrons.